The average molecular weight is 332 g/mol. The van der Waals surface area contributed by atoms with Crippen molar-refractivity contribution < 1.29 is 9.53 Å². The molecule has 0 aliphatic carbocycles. The van der Waals surface area contributed by atoms with Crippen LogP contribution < -0.4 is 0 Å². The molecule has 0 atom stereocenters. The van der Waals surface area contributed by atoms with Gasteiger partial charge in [0.15, 0.2) is 0 Å². The van der Waals surface area contributed by atoms with Crippen LogP contribution in [0.15, 0.2) is 54.6 Å². The molecule has 1 aliphatic heterocycles. The van der Waals surface area contributed by atoms with Gasteiger partial charge in [0, 0.05) is 24.0 Å². The third-order valence-electron chi connectivity index (χ3n) is 4.56. The number of fused-ring (bicyclic) bond motifs is 1. The van der Waals surface area contributed by atoms with Gasteiger partial charge in [0.1, 0.15) is 0 Å². The molecular weight excluding hydrogens is 312 g/mol. The molecule has 1 saturated heterocycles. The second kappa shape index (κ2) is 6.65. The quantitative estimate of drug-likeness (QED) is 0.719. The predicted octanol–water partition coefficient (Wildman–Crippen LogP) is 3.68. The lowest BCUT2D eigenvalue weighted by Gasteiger charge is -2.27. The van der Waals surface area contributed by atoms with Crippen molar-refractivity contribution in [2.75, 3.05) is 26.3 Å². The van der Waals surface area contributed by atoms with E-state index in [2.05, 4.69) is 0 Å². The lowest BCUT2D eigenvalue weighted by molar-refractivity contribution is 0.0304. The lowest BCUT2D eigenvalue weighted by Crippen LogP contribution is -2.40. The van der Waals surface area contributed by atoms with E-state index >= 15 is 0 Å². The molecule has 0 radical (unpaired) electrons. The second-order valence-electron chi connectivity index (χ2n) is 6.35. The number of hydrogen-bond donors (Lipinski definition) is 0. The maximum atomic E-state index is 13.2. The minimum atomic E-state index is 0.0541. The smallest absolute Gasteiger partial charge is 0.254 e. The van der Waals surface area contributed by atoms with Crippen LogP contribution in [0, 0.1) is 6.92 Å². The average Bonchev–Trinajstić information content (AvgIpc) is 2.68. The van der Waals surface area contributed by atoms with Crippen LogP contribution >= 0.6 is 0 Å². The molecule has 1 fully saturated rings. The molecule has 0 unspecified atom stereocenters. The van der Waals surface area contributed by atoms with E-state index in [0.717, 1.165) is 33.3 Å². The van der Waals surface area contributed by atoms with Crippen LogP contribution in [0.2, 0.25) is 0 Å². The number of amides is 1. The van der Waals surface area contributed by atoms with E-state index in [-0.39, 0.29) is 5.91 Å². The highest BCUT2D eigenvalue weighted by Gasteiger charge is 2.22. The number of rotatable bonds is 2. The highest BCUT2D eigenvalue weighted by Crippen LogP contribution is 2.26. The second-order valence-corrected chi connectivity index (χ2v) is 6.35. The van der Waals surface area contributed by atoms with Gasteiger partial charge in [-0.15, -0.1) is 0 Å². The first-order valence-electron chi connectivity index (χ1n) is 8.56. The fourth-order valence-electron chi connectivity index (χ4n) is 3.21. The molecular formula is C21H20N2O2. The van der Waals surface area contributed by atoms with Gasteiger partial charge in [0.2, 0.25) is 0 Å². The standard InChI is InChI=1S/C21H20N2O2/c1-15-7-8-19-17(13-15)18(21(24)23-9-11-25-12-10-23)14-20(22-19)16-5-3-2-4-6-16/h2-8,13-14H,9-12H2,1H3. The van der Waals surface area contributed by atoms with Crippen LogP contribution in [0.25, 0.3) is 22.2 Å². The highest BCUT2D eigenvalue weighted by atomic mass is 16.5. The van der Waals surface area contributed by atoms with E-state index in [1.165, 1.54) is 0 Å². The number of carbonyl (C=O) groups excluding carboxylic acids is 1. The minimum Gasteiger partial charge on any atom is -0.378 e. The zero-order valence-corrected chi connectivity index (χ0v) is 14.2. The molecule has 2 aromatic carbocycles. The Balaban J connectivity index is 1.87. The molecule has 1 aliphatic rings. The van der Waals surface area contributed by atoms with Gasteiger partial charge in [0.25, 0.3) is 5.91 Å². The van der Waals surface area contributed by atoms with Gasteiger partial charge in [-0.2, -0.15) is 0 Å². The van der Waals surface area contributed by atoms with Crippen LogP contribution in [0.5, 0.6) is 0 Å². The van der Waals surface area contributed by atoms with E-state index in [1.807, 2.05) is 66.4 Å². The van der Waals surface area contributed by atoms with Crippen molar-refractivity contribution in [2.45, 2.75) is 6.92 Å². The zero-order chi connectivity index (χ0) is 17.2. The number of morpholine rings is 1. The number of nitrogens with zero attached hydrogens (tertiary/aromatic N) is 2. The summed E-state index contributed by atoms with van der Waals surface area (Å²) in [5.41, 5.74) is 4.53. The maximum absolute atomic E-state index is 13.2. The SMILES string of the molecule is Cc1ccc2nc(-c3ccccc3)cc(C(=O)N3CCOCC3)c2c1. The summed E-state index contributed by atoms with van der Waals surface area (Å²) in [6.07, 6.45) is 0. The Hall–Kier alpha value is -2.72. The molecule has 0 spiro atoms. The van der Waals surface area contributed by atoms with Gasteiger partial charge in [0.05, 0.1) is 30.0 Å². The molecule has 0 bridgehead atoms. The van der Waals surface area contributed by atoms with Crippen molar-refractivity contribution in [1.29, 1.82) is 0 Å². The van der Waals surface area contributed by atoms with Gasteiger partial charge in [-0.05, 0) is 25.1 Å². The van der Waals surface area contributed by atoms with Crippen molar-refractivity contribution in [3.63, 3.8) is 0 Å². The fraction of sp³-hybridized carbons (Fsp3) is 0.238. The van der Waals surface area contributed by atoms with E-state index in [0.29, 0.717) is 26.3 Å². The highest BCUT2D eigenvalue weighted by molar-refractivity contribution is 6.07. The molecule has 4 heteroatoms. The van der Waals surface area contributed by atoms with Crippen LogP contribution in [-0.4, -0.2) is 42.1 Å². The van der Waals surface area contributed by atoms with Gasteiger partial charge in [-0.1, -0.05) is 42.0 Å². The topological polar surface area (TPSA) is 42.4 Å². The van der Waals surface area contributed by atoms with Crippen LogP contribution in [0.3, 0.4) is 0 Å². The summed E-state index contributed by atoms with van der Waals surface area (Å²) in [7, 11) is 0. The third kappa shape index (κ3) is 3.13. The molecule has 126 valence electrons. The molecule has 1 amide bonds. The summed E-state index contributed by atoms with van der Waals surface area (Å²) < 4.78 is 5.38. The van der Waals surface area contributed by atoms with E-state index < -0.39 is 0 Å². The molecule has 3 aromatic rings. The summed E-state index contributed by atoms with van der Waals surface area (Å²) in [5, 5.41) is 0.913. The van der Waals surface area contributed by atoms with Crippen LogP contribution in [0.1, 0.15) is 15.9 Å². The van der Waals surface area contributed by atoms with Crippen molar-refractivity contribution in [3.05, 3.63) is 65.7 Å². The molecule has 4 rings (SSSR count). The lowest BCUT2D eigenvalue weighted by atomic mass is 10.0. The van der Waals surface area contributed by atoms with Gasteiger partial charge in [-0.3, -0.25) is 4.79 Å². The van der Waals surface area contributed by atoms with Gasteiger partial charge < -0.3 is 9.64 Å². The summed E-state index contributed by atoms with van der Waals surface area (Å²) in [5.74, 6) is 0.0541. The zero-order valence-electron chi connectivity index (χ0n) is 14.2. The largest absolute Gasteiger partial charge is 0.378 e. The molecule has 0 N–H and O–H groups in total. The Morgan fingerprint density at radius 1 is 1.04 bits per heavy atom. The maximum Gasteiger partial charge on any atom is 0.254 e. The number of aromatic nitrogens is 1. The first-order chi connectivity index (χ1) is 12.2. The predicted molar refractivity (Wildman–Crippen MR) is 98.6 cm³/mol. The summed E-state index contributed by atoms with van der Waals surface area (Å²) in [6.45, 7) is 4.50. The van der Waals surface area contributed by atoms with E-state index in [1.54, 1.807) is 0 Å². The first-order valence-corrected chi connectivity index (χ1v) is 8.56. The van der Waals surface area contributed by atoms with Crippen molar-refractivity contribution in [3.8, 4) is 11.3 Å². The summed E-state index contributed by atoms with van der Waals surface area (Å²) >= 11 is 0. The summed E-state index contributed by atoms with van der Waals surface area (Å²) in [4.78, 5) is 19.8. The molecule has 2 heterocycles. The Bertz CT molecular complexity index is 916. The van der Waals surface area contributed by atoms with Crippen molar-refractivity contribution in [2.24, 2.45) is 0 Å². The summed E-state index contributed by atoms with van der Waals surface area (Å²) in [6, 6.07) is 18.0. The number of benzene rings is 2. The van der Waals surface area contributed by atoms with Crippen molar-refractivity contribution in [1.82, 2.24) is 9.88 Å². The monoisotopic (exact) mass is 332 g/mol. The van der Waals surface area contributed by atoms with E-state index in [9.17, 15) is 4.79 Å². The Morgan fingerprint density at radius 3 is 2.56 bits per heavy atom. The fourth-order valence-corrected chi connectivity index (χ4v) is 3.21. The number of aryl methyl sites for hydroxylation is 1. The molecule has 4 nitrogen and oxygen atoms in total. The third-order valence-corrected chi connectivity index (χ3v) is 4.56. The van der Waals surface area contributed by atoms with Crippen molar-refractivity contribution >= 4 is 16.8 Å². The normalized spacial score (nSPS) is 14.7. The Morgan fingerprint density at radius 2 is 1.80 bits per heavy atom. The minimum absolute atomic E-state index is 0.0541. The first kappa shape index (κ1) is 15.8. The number of carbonyl (C=O) groups is 1. The van der Waals surface area contributed by atoms with Gasteiger partial charge >= 0.3 is 0 Å². The Labute approximate surface area is 147 Å². The molecule has 1 aromatic heterocycles. The van der Waals surface area contributed by atoms with Crippen LogP contribution in [-0.2, 0) is 4.74 Å². The Kier molecular flexibility index (Phi) is 4.20. The number of hydrogen-bond acceptors (Lipinski definition) is 3. The number of pyridine rings is 1. The molecule has 25 heavy (non-hydrogen) atoms. The van der Waals surface area contributed by atoms with Gasteiger partial charge in [-0.25, -0.2) is 4.98 Å². The number of ether oxygens (including phenoxy) is 1. The van der Waals surface area contributed by atoms with E-state index in [4.69, 9.17) is 9.72 Å². The molecule has 0 saturated carbocycles. The van der Waals surface area contributed by atoms with Crippen LogP contribution in [0.4, 0.5) is 0 Å².